The van der Waals surface area contributed by atoms with Crippen LogP contribution < -0.4 is 0 Å². The molecule has 1 heterocycles. The first-order chi connectivity index (χ1) is 9.44. The smallest absolute Gasteiger partial charge is 0.253 e. The zero-order valence-corrected chi connectivity index (χ0v) is 13.9. The fourth-order valence-corrected chi connectivity index (χ4v) is 2.89. The van der Waals surface area contributed by atoms with E-state index in [4.69, 9.17) is 5.26 Å². The Morgan fingerprint density at radius 2 is 1.95 bits per heavy atom. The number of amides is 1. The van der Waals surface area contributed by atoms with Crippen LogP contribution >= 0.6 is 22.6 Å². The number of piperazine rings is 1. The summed E-state index contributed by atoms with van der Waals surface area (Å²) >= 11 is 2.21. The number of benzene rings is 1. The minimum absolute atomic E-state index is 0.0814. The molecule has 1 aliphatic heterocycles. The van der Waals surface area contributed by atoms with Crippen molar-refractivity contribution in [1.82, 2.24) is 9.80 Å². The fourth-order valence-electron chi connectivity index (χ4n) is 2.34. The molecule has 0 aromatic heterocycles. The number of rotatable bonds is 2. The van der Waals surface area contributed by atoms with E-state index in [1.807, 2.05) is 43.0 Å². The standard InChI is InChI=1S/C15H18IN3O/c1-15(2,11-17)19-8-6-18(7-9-19)14(20)12-4-3-5-13(16)10-12/h3-5,10H,6-9H2,1-2H3. The summed E-state index contributed by atoms with van der Waals surface area (Å²) < 4.78 is 1.07. The molecule has 0 saturated carbocycles. The molecule has 0 radical (unpaired) electrons. The molecule has 20 heavy (non-hydrogen) atoms. The highest BCUT2D eigenvalue weighted by atomic mass is 127. The van der Waals surface area contributed by atoms with Crippen molar-refractivity contribution in [3.8, 4) is 6.07 Å². The Labute approximate surface area is 133 Å². The van der Waals surface area contributed by atoms with E-state index >= 15 is 0 Å². The molecule has 0 spiro atoms. The Morgan fingerprint density at radius 3 is 2.50 bits per heavy atom. The average Bonchev–Trinajstić information content (AvgIpc) is 2.46. The molecule has 106 valence electrons. The van der Waals surface area contributed by atoms with Gasteiger partial charge >= 0.3 is 0 Å². The Balaban J connectivity index is 2.01. The summed E-state index contributed by atoms with van der Waals surface area (Å²) in [5.41, 5.74) is 0.280. The minimum atomic E-state index is -0.461. The third-order valence-electron chi connectivity index (χ3n) is 3.70. The number of nitrogens with zero attached hydrogens (tertiary/aromatic N) is 3. The van der Waals surface area contributed by atoms with E-state index in [2.05, 4.69) is 33.6 Å². The molecule has 4 nitrogen and oxygen atoms in total. The lowest BCUT2D eigenvalue weighted by Gasteiger charge is -2.40. The molecule has 1 aliphatic rings. The van der Waals surface area contributed by atoms with Crippen LogP contribution in [0.3, 0.4) is 0 Å². The molecular formula is C15H18IN3O. The number of nitriles is 1. The van der Waals surface area contributed by atoms with Crippen LogP contribution in [-0.2, 0) is 0 Å². The van der Waals surface area contributed by atoms with Crippen molar-refractivity contribution in [3.63, 3.8) is 0 Å². The molecule has 5 heteroatoms. The zero-order chi connectivity index (χ0) is 14.8. The monoisotopic (exact) mass is 383 g/mol. The van der Waals surface area contributed by atoms with Crippen molar-refractivity contribution in [2.24, 2.45) is 0 Å². The van der Waals surface area contributed by atoms with Gasteiger partial charge in [0.2, 0.25) is 0 Å². The third kappa shape index (κ3) is 3.30. The van der Waals surface area contributed by atoms with Crippen LogP contribution in [0, 0.1) is 14.9 Å². The van der Waals surface area contributed by atoms with Crippen molar-refractivity contribution < 1.29 is 4.79 Å². The van der Waals surface area contributed by atoms with Gasteiger partial charge in [0, 0.05) is 35.3 Å². The summed E-state index contributed by atoms with van der Waals surface area (Å²) in [5, 5.41) is 9.16. The van der Waals surface area contributed by atoms with Crippen molar-refractivity contribution in [2.75, 3.05) is 26.2 Å². The maximum absolute atomic E-state index is 12.4. The summed E-state index contributed by atoms with van der Waals surface area (Å²) in [6.07, 6.45) is 0. The molecule has 0 aliphatic carbocycles. The average molecular weight is 383 g/mol. The lowest BCUT2D eigenvalue weighted by Crippen LogP contribution is -2.55. The van der Waals surface area contributed by atoms with E-state index in [0.29, 0.717) is 13.1 Å². The van der Waals surface area contributed by atoms with E-state index in [0.717, 1.165) is 22.2 Å². The van der Waals surface area contributed by atoms with Gasteiger partial charge in [0.25, 0.3) is 5.91 Å². The molecule has 2 rings (SSSR count). The molecule has 1 aromatic carbocycles. The molecule has 0 atom stereocenters. The summed E-state index contributed by atoms with van der Waals surface area (Å²) in [4.78, 5) is 16.4. The zero-order valence-electron chi connectivity index (χ0n) is 11.8. The van der Waals surface area contributed by atoms with E-state index < -0.39 is 5.54 Å². The van der Waals surface area contributed by atoms with Gasteiger partial charge in [-0.15, -0.1) is 0 Å². The molecule has 0 N–H and O–H groups in total. The van der Waals surface area contributed by atoms with Gasteiger partial charge in [-0.25, -0.2) is 0 Å². The van der Waals surface area contributed by atoms with Crippen LogP contribution in [0.5, 0.6) is 0 Å². The van der Waals surface area contributed by atoms with Gasteiger partial charge in [-0.1, -0.05) is 6.07 Å². The summed E-state index contributed by atoms with van der Waals surface area (Å²) in [6.45, 7) is 6.69. The van der Waals surface area contributed by atoms with E-state index in [1.54, 1.807) is 0 Å². The van der Waals surface area contributed by atoms with Gasteiger partial charge < -0.3 is 4.90 Å². The molecule has 1 fully saturated rings. The lowest BCUT2D eigenvalue weighted by molar-refractivity contribution is 0.0521. The predicted molar refractivity (Wildman–Crippen MR) is 86.3 cm³/mol. The van der Waals surface area contributed by atoms with Crippen LogP contribution in [0.2, 0.25) is 0 Å². The molecule has 1 saturated heterocycles. The predicted octanol–water partition coefficient (Wildman–Crippen LogP) is 2.35. The molecule has 1 aromatic rings. The van der Waals surface area contributed by atoms with Crippen LogP contribution in [0.1, 0.15) is 24.2 Å². The highest BCUT2D eigenvalue weighted by Gasteiger charge is 2.31. The first-order valence-corrected chi connectivity index (χ1v) is 7.73. The lowest BCUT2D eigenvalue weighted by atomic mass is 10.0. The van der Waals surface area contributed by atoms with E-state index in [-0.39, 0.29) is 5.91 Å². The van der Waals surface area contributed by atoms with Gasteiger partial charge in [-0.3, -0.25) is 9.69 Å². The fraction of sp³-hybridized carbons (Fsp3) is 0.467. The summed E-state index contributed by atoms with van der Waals surface area (Å²) in [7, 11) is 0. The SMILES string of the molecule is CC(C)(C#N)N1CCN(C(=O)c2cccc(I)c2)CC1. The number of hydrogen-bond donors (Lipinski definition) is 0. The van der Waals surface area contributed by atoms with Gasteiger partial charge in [0.15, 0.2) is 0 Å². The maximum Gasteiger partial charge on any atom is 0.253 e. The van der Waals surface area contributed by atoms with Gasteiger partial charge in [-0.2, -0.15) is 5.26 Å². The number of carbonyl (C=O) groups excluding carboxylic acids is 1. The first-order valence-electron chi connectivity index (χ1n) is 6.65. The van der Waals surface area contributed by atoms with Crippen LogP contribution in [-0.4, -0.2) is 47.4 Å². The van der Waals surface area contributed by atoms with Crippen LogP contribution in [0.4, 0.5) is 0 Å². The van der Waals surface area contributed by atoms with E-state index in [1.165, 1.54) is 0 Å². The van der Waals surface area contributed by atoms with Crippen LogP contribution in [0.25, 0.3) is 0 Å². The molecule has 0 unspecified atom stereocenters. The molecule has 0 bridgehead atoms. The highest BCUT2D eigenvalue weighted by Crippen LogP contribution is 2.17. The Kier molecular flexibility index (Phi) is 4.66. The van der Waals surface area contributed by atoms with Crippen molar-refractivity contribution in [2.45, 2.75) is 19.4 Å². The minimum Gasteiger partial charge on any atom is -0.336 e. The maximum atomic E-state index is 12.4. The molecule has 1 amide bonds. The van der Waals surface area contributed by atoms with Gasteiger partial charge in [0.05, 0.1) is 6.07 Å². The van der Waals surface area contributed by atoms with Crippen molar-refractivity contribution >= 4 is 28.5 Å². The van der Waals surface area contributed by atoms with Crippen molar-refractivity contribution in [1.29, 1.82) is 5.26 Å². The normalized spacial score (nSPS) is 16.8. The number of halogens is 1. The van der Waals surface area contributed by atoms with Gasteiger partial charge in [0.1, 0.15) is 5.54 Å². The molecular weight excluding hydrogens is 365 g/mol. The highest BCUT2D eigenvalue weighted by molar-refractivity contribution is 14.1. The van der Waals surface area contributed by atoms with Crippen LogP contribution in [0.15, 0.2) is 24.3 Å². The largest absolute Gasteiger partial charge is 0.336 e. The van der Waals surface area contributed by atoms with E-state index in [9.17, 15) is 4.79 Å². The Hall–Kier alpha value is -1.13. The summed E-state index contributed by atoms with van der Waals surface area (Å²) in [5.74, 6) is 0.0814. The second-order valence-electron chi connectivity index (χ2n) is 5.46. The quantitative estimate of drug-likeness (QED) is 0.737. The second-order valence-corrected chi connectivity index (χ2v) is 6.71. The topological polar surface area (TPSA) is 47.3 Å². The van der Waals surface area contributed by atoms with Crippen molar-refractivity contribution in [3.05, 3.63) is 33.4 Å². The Morgan fingerprint density at radius 1 is 1.30 bits per heavy atom. The first kappa shape index (κ1) is 15.3. The summed E-state index contributed by atoms with van der Waals surface area (Å²) in [6, 6.07) is 9.97. The number of carbonyl (C=O) groups is 1. The third-order valence-corrected chi connectivity index (χ3v) is 4.37. The number of hydrogen-bond acceptors (Lipinski definition) is 3. The Bertz CT molecular complexity index is 542. The van der Waals surface area contributed by atoms with Gasteiger partial charge in [-0.05, 0) is 54.6 Å². The second kappa shape index (κ2) is 6.10.